The van der Waals surface area contributed by atoms with Gasteiger partial charge >= 0.3 is 0 Å². The fraction of sp³-hybridized carbons (Fsp3) is 0.409. The van der Waals surface area contributed by atoms with E-state index in [-0.39, 0.29) is 5.56 Å². The van der Waals surface area contributed by atoms with Crippen molar-refractivity contribution in [2.75, 3.05) is 7.11 Å². The topological polar surface area (TPSA) is 44.4 Å². The fourth-order valence-electron chi connectivity index (χ4n) is 4.24. The molecule has 2 fully saturated rings. The van der Waals surface area contributed by atoms with E-state index >= 15 is 0 Å². The molecule has 4 heteroatoms. The van der Waals surface area contributed by atoms with Gasteiger partial charge in [-0.3, -0.25) is 4.79 Å². The molecule has 3 aromatic rings. The normalized spacial score (nSPS) is 17.9. The highest BCUT2D eigenvalue weighted by Crippen LogP contribution is 2.45. The molecule has 5 rings (SSSR count). The first-order valence-electron chi connectivity index (χ1n) is 9.57. The van der Waals surface area contributed by atoms with E-state index in [1.54, 1.807) is 13.2 Å². The van der Waals surface area contributed by atoms with Crippen LogP contribution in [0.1, 0.15) is 56.2 Å². The molecular weight excluding hydrogens is 326 g/mol. The van der Waals surface area contributed by atoms with Gasteiger partial charge in [0, 0.05) is 29.6 Å². The van der Waals surface area contributed by atoms with Gasteiger partial charge in [0.25, 0.3) is 5.56 Å². The van der Waals surface area contributed by atoms with E-state index in [9.17, 15) is 4.79 Å². The van der Waals surface area contributed by atoms with Crippen molar-refractivity contribution in [3.63, 3.8) is 0 Å². The summed E-state index contributed by atoms with van der Waals surface area (Å²) in [6.45, 7) is 0. The molecule has 0 saturated heterocycles. The highest BCUT2D eigenvalue weighted by Gasteiger charge is 2.28. The lowest BCUT2D eigenvalue weighted by atomic mass is 10.0. The summed E-state index contributed by atoms with van der Waals surface area (Å²) in [6, 6.07) is 10.3. The average Bonchev–Trinajstić information content (AvgIpc) is 3.18. The quantitative estimate of drug-likeness (QED) is 0.645. The standard InChI is InChI=1S/C22H23NO3/c1-25-19-9-8-17(18-13-20(14-6-7-14)26-22(18)19)15-10-11-23(21(24)12-15)16-4-2-3-5-16/h8-14,16H,2-7H2,1H3. The third-order valence-corrected chi connectivity index (χ3v) is 5.84. The molecular formula is C22H23NO3. The number of pyridine rings is 1. The van der Waals surface area contributed by atoms with Gasteiger partial charge in [0.2, 0.25) is 0 Å². The van der Waals surface area contributed by atoms with Crippen molar-refractivity contribution >= 4 is 11.0 Å². The van der Waals surface area contributed by atoms with Crippen molar-refractivity contribution < 1.29 is 9.15 Å². The van der Waals surface area contributed by atoms with Gasteiger partial charge < -0.3 is 13.7 Å². The molecule has 4 nitrogen and oxygen atoms in total. The maximum Gasteiger partial charge on any atom is 0.251 e. The third-order valence-electron chi connectivity index (χ3n) is 5.84. The van der Waals surface area contributed by atoms with Crippen molar-refractivity contribution in [3.05, 3.63) is 52.6 Å². The molecule has 2 saturated carbocycles. The van der Waals surface area contributed by atoms with Gasteiger partial charge in [0.15, 0.2) is 11.3 Å². The molecule has 0 atom stereocenters. The molecule has 0 bridgehead atoms. The molecule has 2 aliphatic rings. The Morgan fingerprint density at radius 3 is 2.58 bits per heavy atom. The molecule has 0 radical (unpaired) electrons. The Labute approximate surface area is 152 Å². The van der Waals surface area contributed by atoms with Crippen LogP contribution >= 0.6 is 0 Å². The van der Waals surface area contributed by atoms with E-state index in [1.165, 1.54) is 25.7 Å². The second-order valence-electron chi connectivity index (χ2n) is 7.58. The van der Waals surface area contributed by atoms with Gasteiger partial charge in [-0.15, -0.1) is 0 Å². The minimum absolute atomic E-state index is 0.0873. The summed E-state index contributed by atoms with van der Waals surface area (Å²) in [7, 11) is 1.66. The second kappa shape index (κ2) is 6.04. The molecule has 0 spiro atoms. The molecule has 2 aromatic heterocycles. The van der Waals surface area contributed by atoms with Crippen molar-refractivity contribution in [2.24, 2.45) is 0 Å². The predicted molar refractivity (Wildman–Crippen MR) is 102 cm³/mol. The first-order chi connectivity index (χ1) is 12.7. The van der Waals surface area contributed by atoms with Crippen LogP contribution in [0.15, 0.2) is 45.7 Å². The Morgan fingerprint density at radius 2 is 1.88 bits per heavy atom. The number of rotatable bonds is 4. The maximum atomic E-state index is 12.7. The summed E-state index contributed by atoms with van der Waals surface area (Å²) in [5.74, 6) is 2.32. The Morgan fingerprint density at radius 1 is 1.08 bits per heavy atom. The Balaban J connectivity index is 1.62. The van der Waals surface area contributed by atoms with Crippen LogP contribution in [-0.2, 0) is 0 Å². The van der Waals surface area contributed by atoms with Crippen molar-refractivity contribution in [1.82, 2.24) is 4.57 Å². The molecule has 2 heterocycles. The number of benzene rings is 1. The van der Waals surface area contributed by atoms with Gasteiger partial charge in [-0.1, -0.05) is 12.8 Å². The Hall–Kier alpha value is -2.49. The van der Waals surface area contributed by atoms with Crippen LogP contribution in [0.2, 0.25) is 0 Å². The predicted octanol–water partition coefficient (Wildman–Crippen LogP) is 5.26. The van der Waals surface area contributed by atoms with Crippen LogP contribution in [0.4, 0.5) is 0 Å². The first-order valence-corrected chi connectivity index (χ1v) is 9.57. The summed E-state index contributed by atoms with van der Waals surface area (Å²) in [5.41, 5.74) is 2.85. The van der Waals surface area contributed by atoms with Crippen LogP contribution < -0.4 is 10.3 Å². The van der Waals surface area contributed by atoms with Gasteiger partial charge in [-0.2, -0.15) is 0 Å². The van der Waals surface area contributed by atoms with E-state index < -0.39 is 0 Å². The molecule has 0 N–H and O–H groups in total. The Kier molecular flexibility index (Phi) is 3.66. The van der Waals surface area contributed by atoms with Crippen LogP contribution in [0.5, 0.6) is 5.75 Å². The fourth-order valence-corrected chi connectivity index (χ4v) is 4.24. The van der Waals surface area contributed by atoms with E-state index in [0.717, 1.165) is 46.4 Å². The van der Waals surface area contributed by atoms with E-state index in [1.807, 2.05) is 22.9 Å². The SMILES string of the molecule is COc1ccc(-c2ccn(C3CCCC3)c(=O)c2)c2cc(C3CC3)oc12. The molecule has 1 aromatic carbocycles. The zero-order valence-corrected chi connectivity index (χ0v) is 15.0. The number of hydrogen-bond donors (Lipinski definition) is 0. The zero-order valence-electron chi connectivity index (χ0n) is 15.0. The third kappa shape index (κ3) is 2.56. The minimum atomic E-state index is 0.0873. The molecule has 26 heavy (non-hydrogen) atoms. The van der Waals surface area contributed by atoms with Gasteiger partial charge in [0.1, 0.15) is 5.76 Å². The van der Waals surface area contributed by atoms with E-state index in [2.05, 4.69) is 12.1 Å². The van der Waals surface area contributed by atoms with Crippen molar-refractivity contribution in [2.45, 2.75) is 50.5 Å². The summed E-state index contributed by atoms with van der Waals surface area (Å²) in [4.78, 5) is 12.7. The van der Waals surface area contributed by atoms with Gasteiger partial charge in [-0.05, 0) is 61.1 Å². The number of furan rings is 1. The average molecular weight is 349 g/mol. The summed E-state index contributed by atoms with van der Waals surface area (Å²) < 4.78 is 13.5. The lowest BCUT2D eigenvalue weighted by Crippen LogP contribution is -2.21. The molecule has 2 aliphatic carbocycles. The minimum Gasteiger partial charge on any atom is -0.493 e. The number of hydrogen-bond acceptors (Lipinski definition) is 3. The summed E-state index contributed by atoms with van der Waals surface area (Å²) in [6.07, 6.45) is 9.00. The second-order valence-corrected chi connectivity index (χ2v) is 7.58. The van der Waals surface area contributed by atoms with Crippen LogP contribution in [0, 0.1) is 0 Å². The molecule has 0 aliphatic heterocycles. The molecule has 0 unspecified atom stereocenters. The monoisotopic (exact) mass is 349 g/mol. The highest BCUT2D eigenvalue weighted by molar-refractivity contribution is 5.97. The lowest BCUT2D eigenvalue weighted by molar-refractivity contribution is 0.407. The van der Waals surface area contributed by atoms with Gasteiger partial charge in [-0.25, -0.2) is 0 Å². The van der Waals surface area contributed by atoms with Crippen LogP contribution in [0.3, 0.4) is 0 Å². The summed E-state index contributed by atoms with van der Waals surface area (Å²) in [5, 5.41) is 1.03. The van der Waals surface area contributed by atoms with E-state index in [0.29, 0.717) is 12.0 Å². The number of nitrogens with zero attached hydrogens (tertiary/aromatic N) is 1. The largest absolute Gasteiger partial charge is 0.493 e. The number of fused-ring (bicyclic) bond motifs is 1. The highest BCUT2D eigenvalue weighted by atomic mass is 16.5. The molecule has 0 amide bonds. The maximum absolute atomic E-state index is 12.7. The van der Waals surface area contributed by atoms with E-state index in [4.69, 9.17) is 9.15 Å². The van der Waals surface area contributed by atoms with Crippen molar-refractivity contribution in [3.8, 4) is 16.9 Å². The number of aromatic nitrogens is 1. The zero-order chi connectivity index (χ0) is 17.7. The van der Waals surface area contributed by atoms with Crippen LogP contribution in [0.25, 0.3) is 22.1 Å². The molecule has 134 valence electrons. The number of ether oxygens (including phenoxy) is 1. The van der Waals surface area contributed by atoms with Crippen LogP contribution in [-0.4, -0.2) is 11.7 Å². The lowest BCUT2D eigenvalue weighted by Gasteiger charge is -2.14. The smallest absolute Gasteiger partial charge is 0.251 e. The summed E-state index contributed by atoms with van der Waals surface area (Å²) >= 11 is 0. The van der Waals surface area contributed by atoms with Crippen molar-refractivity contribution in [1.29, 1.82) is 0 Å². The van der Waals surface area contributed by atoms with Gasteiger partial charge in [0.05, 0.1) is 7.11 Å². The number of methoxy groups -OCH3 is 1. The Bertz CT molecular complexity index is 1020. The first kappa shape index (κ1) is 15.7.